The Bertz CT molecular complexity index is 1170. The van der Waals surface area contributed by atoms with E-state index in [2.05, 4.69) is 28.5 Å². The second-order valence-electron chi connectivity index (χ2n) is 8.99. The molecule has 2 amide bonds. The number of aryl methyl sites for hydroxylation is 1. The second-order valence-corrected chi connectivity index (χ2v) is 9.93. The van der Waals surface area contributed by atoms with Crippen molar-refractivity contribution in [2.24, 2.45) is 0 Å². The van der Waals surface area contributed by atoms with Crippen molar-refractivity contribution in [1.82, 2.24) is 19.7 Å². The topological polar surface area (TPSA) is 80.1 Å². The molecule has 4 rings (SSSR count). The zero-order chi connectivity index (χ0) is 24.8. The lowest BCUT2D eigenvalue weighted by Crippen LogP contribution is -2.38. The van der Waals surface area contributed by atoms with Gasteiger partial charge in [0.25, 0.3) is 5.91 Å². The van der Waals surface area contributed by atoms with E-state index in [-0.39, 0.29) is 17.6 Å². The molecule has 1 N–H and O–H groups in total. The molecule has 0 saturated heterocycles. The lowest BCUT2D eigenvalue weighted by atomic mass is 9.94. The largest absolute Gasteiger partial charge is 0.339 e. The Morgan fingerprint density at radius 3 is 2.46 bits per heavy atom. The third kappa shape index (κ3) is 5.93. The summed E-state index contributed by atoms with van der Waals surface area (Å²) in [5.41, 5.74) is 3.49. The number of carbonyl (C=O) groups is 2. The van der Waals surface area contributed by atoms with E-state index < -0.39 is 0 Å². The van der Waals surface area contributed by atoms with Crippen LogP contribution < -0.4 is 5.32 Å². The average molecular weight is 492 g/mol. The molecule has 0 bridgehead atoms. The van der Waals surface area contributed by atoms with Crippen molar-refractivity contribution in [3.05, 3.63) is 59.7 Å². The van der Waals surface area contributed by atoms with Gasteiger partial charge in [-0.2, -0.15) is 0 Å². The number of carbonyl (C=O) groups excluding carboxylic acids is 2. The van der Waals surface area contributed by atoms with Crippen molar-refractivity contribution >= 4 is 29.3 Å². The summed E-state index contributed by atoms with van der Waals surface area (Å²) in [7, 11) is 1.89. The summed E-state index contributed by atoms with van der Waals surface area (Å²) in [6, 6.07) is 15.5. The quantitative estimate of drug-likeness (QED) is 0.426. The minimum absolute atomic E-state index is 0.0358. The van der Waals surface area contributed by atoms with E-state index >= 15 is 0 Å². The number of nitrogens with zero attached hydrogens (tertiary/aromatic N) is 4. The summed E-state index contributed by atoms with van der Waals surface area (Å²) in [5, 5.41) is 12.3. The maximum Gasteiger partial charge on any atom is 0.253 e. The molecular weight excluding hydrogens is 458 g/mol. The standard InChI is InChI=1S/C27H33N5O2S/c1-4-32-25(23-13-9-8-10-19(23)2)29-30-27(32)35-18-24(33)28-21-16-14-20(15-17-21)26(34)31(3)22-11-6-5-7-12-22/h8-10,13-17,22H,4-7,11-12,18H2,1-3H3,(H,28,33). The zero-order valence-corrected chi connectivity index (χ0v) is 21.5. The summed E-state index contributed by atoms with van der Waals surface area (Å²) < 4.78 is 2.03. The molecule has 0 atom stereocenters. The zero-order valence-electron chi connectivity index (χ0n) is 20.7. The molecule has 1 heterocycles. The van der Waals surface area contributed by atoms with E-state index in [1.807, 2.05) is 41.6 Å². The van der Waals surface area contributed by atoms with Crippen molar-refractivity contribution in [2.75, 3.05) is 18.1 Å². The highest BCUT2D eigenvalue weighted by atomic mass is 32.2. The summed E-state index contributed by atoms with van der Waals surface area (Å²) in [6.45, 7) is 4.81. The van der Waals surface area contributed by atoms with Crippen molar-refractivity contribution in [3.8, 4) is 11.4 Å². The van der Waals surface area contributed by atoms with Crippen molar-refractivity contribution in [1.29, 1.82) is 0 Å². The molecule has 0 radical (unpaired) electrons. The highest BCUT2D eigenvalue weighted by Crippen LogP contribution is 2.27. The van der Waals surface area contributed by atoms with E-state index in [0.29, 0.717) is 29.0 Å². The van der Waals surface area contributed by atoms with E-state index in [1.165, 1.54) is 31.0 Å². The number of anilines is 1. The van der Waals surface area contributed by atoms with Crippen LogP contribution >= 0.6 is 11.8 Å². The second kappa shape index (κ2) is 11.5. The van der Waals surface area contributed by atoms with Gasteiger partial charge in [-0.3, -0.25) is 9.59 Å². The van der Waals surface area contributed by atoms with Crippen LogP contribution in [0.15, 0.2) is 53.7 Å². The normalized spacial score (nSPS) is 14.0. The third-order valence-electron chi connectivity index (χ3n) is 6.61. The van der Waals surface area contributed by atoms with Crippen LogP contribution in [-0.2, 0) is 11.3 Å². The average Bonchev–Trinajstić information content (AvgIpc) is 3.30. The molecule has 3 aromatic rings. The number of benzene rings is 2. The number of nitrogens with one attached hydrogen (secondary N) is 1. The lowest BCUT2D eigenvalue weighted by Gasteiger charge is -2.31. The maximum absolute atomic E-state index is 12.8. The van der Waals surface area contributed by atoms with E-state index in [0.717, 1.165) is 29.8 Å². The summed E-state index contributed by atoms with van der Waals surface area (Å²) in [4.78, 5) is 27.3. The first-order valence-corrected chi connectivity index (χ1v) is 13.3. The molecule has 7 nitrogen and oxygen atoms in total. The Hall–Kier alpha value is -3.13. The highest BCUT2D eigenvalue weighted by Gasteiger charge is 2.23. The van der Waals surface area contributed by atoms with Crippen molar-refractivity contribution in [2.45, 2.75) is 63.7 Å². The molecule has 8 heteroatoms. The molecule has 1 fully saturated rings. The first kappa shape index (κ1) is 25.0. The number of aromatic nitrogens is 3. The number of hydrogen-bond donors (Lipinski definition) is 1. The van der Waals surface area contributed by atoms with Gasteiger partial charge in [0.1, 0.15) is 0 Å². The Kier molecular flexibility index (Phi) is 8.23. The van der Waals surface area contributed by atoms with Crippen molar-refractivity contribution < 1.29 is 9.59 Å². The van der Waals surface area contributed by atoms with Gasteiger partial charge in [-0.25, -0.2) is 0 Å². The predicted octanol–water partition coefficient (Wildman–Crippen LogP) is 5.41. The first-order chi connectivity index (χ1) is 17.0. The summed E-state index contributed by atoms with van der Waals surface area (Å²) in [5.74, 6) is 0.939. The van der Waals surface area contributed by atoms with Gasteiger partial charge in [0, 0.05) is 36.4 Å². The van der Waals surface area contributed by atoms with Crippen LogP contribution in [0.4, 0.5) is 5.69 Å². The molecule has 35 heavy (non-hydrogen) atoms. The van der Waals surface area contributed by atoms with Gasteiger partial charge < -0.3 is 14.8 Å². The van der Waals surface area contributed by atoms with Gasteiger partial charge in [-0.05, 0) is 56.5 Å². The van der Waals surface area contributed by atoms with Gasteiger partial charge >= 0.3 is 0 Å². The lowest BCUT2D eigenvalue weighted by molar-refractivity contribution is -0.113. The molecule has 1 aliphatic carbocycles. The Labute approximate surface area is 211 Å². The Morgan fingerprint density at radius 1 is 1.06 bits per heavy atom. The van der Waals surface area contributed by atoms with Gasteiger partial charge in [0.15, 0.2) is 11.0 Å². The monoisotopic (exact) mass is 491 g/mol. The Balaban J connectivity index is 1.34. The fraction of sp³-hybridized carbons (Fsp3) is 0.407. The number of amides is 2. The van der Waals surface area contributed by atoms with Crippen LogP contribution in [0.5, 0.6) is 0 Å². The molecule has 1 saturated carbocycles. The van der Waals surface area contributed by atoms with Crippen molar-refractivity contribution in [3.63, 3.8) is 0 Å². The molecule has 0 aliphatic heterocycles. The molecule has 0 unspecified atom stereocenters. The Morgan fingerprint density at radius 2 is 1.77 bits per heavy atom. The number of hydrogen-bond acceptors (Lipinski definition) is 5. The molecule has 1 aromatic heterocycles. The SMILES string of the molecule is CCn1c(SCC(=O)Nc2ccc(C(=O)N(C)C3CCCCC3)cc2)nnc1-c1ccccc1C. The highest BCUT2D eigenvalue weighted by molar-refractivity contribution is 7.99. The van der Waals surface area contributed by atoms with Crippen LogP contribution in [0.2, 0.25) is 0 Å². The van der Waals surface area contributed by atoms with E-state index in [1.54, 1.807) is 24.3 Å². The van der Waals surface area contributed by atoms with Crippen LogP contribution in [0.3, 0.4) is 0 Å². The summed E-state index contributed by atoms with van der Waals surface area (Å²) in [6.07, 6.45) is 5.79. The molecular formula is C27H33N5O2S. The van der Waals surface area contributed by atoms with E-state index in [4.69, 9.17) is 0 Å². The fourth-order valence-corrected chi connectivity index (χ4v) is 5.37. The van der Waals surface area contributed by atoms with Gasteiger partial charge in [-0.1, -0.05) is 55.3 Å². The minimum atomic E-state index is -0.128. The number of rotatable bonds is 8. The minimum Gasteiger partial charge on any atom is -0.339 e. The molecule has 1 aliphatic rings. The van der Waals surface area contributed by atoms with Crippen LogP contribution in [-0.4, -0.2) is 50.3 Å². The molecule has 0 spiro atoms. The van der Waals surface area contributed by atoms with Crippen LogP contribution in [0.1, 0.15) is 54.9 Å². The fourth-order valence-electron chi connectivity index (χ4n) is 4.56. The third-order valence-corrected chi connectivity index (χ3v) is 7.58. The smallest absolute Gasteiger partial charge is 0.253 e. The van der Waals surface area contributed by atoms with Gasteiger partial charge in [-0.15, -0.1) is 10.2 Å². The van der Waals surface area contributed by atoms with Crippen LogP contribution in [0.25, 0.3) is 11.4 Å². The molecule has 2 aromatic carbocycles. The maximum atomic E-state index is 12.8. The first-order valence-electron chi connectivity index (χ1n) is 12.3. The molecule has 184 valence electrons. The van der Waals surface area contributed by atoms with E-state index in [9.17, 15) is 9.59 Å². The van der Waals surface area contributed by atoms with Gasteiger partial charge in [0.2, 0.25) is 5.91 Å². The van der Waals surface area contributed by atoms with Gasteiger partial charge in [0.05, 0.1) is 5.75 Å². The summed E-state index contributed by atoms with van der Waals surface area (Å²) >= 11 is 1.36. The van der Waals surface area contributed by atoms with Crippen LogP contribution in [0, 0.1) is 6.92 Å². The number of thioether (sulfide) groups is 1. The predicted molar refractivity (Wildman–Crippen MR) is 141 cm³/mol.